The standard InChI is InChI=1S/C19H28N4O2S/c1-11(2)3-15(24)7-16(22-23-18(20)26)17(25)21-19-8-12-4-13(9-19)6-14(5-12)10-19/h3,12-14H,4-10H2,1-2H3,(H,21,25)(H3,20,23,26)/b22-16-. The van der Waals surface area contributed by atoms with Gasteiger partial charge in [0, 0.05) is 5.54 Å². The number of allylic oxidation sites excluding steroid dienone is 2. The summed E-state index contributed by atoms with van der Waals surface area (Å²) in [6.45, 7) is 3.69. The lowest BCUT2D eigenvalue weighted by atomic mass is 9.53. The number of rotatable bonds is 6. The number of amides is 1. The minimum absolute atomic E-state index is 0.0280. The number of hydrogen-bond donors (Lipinski definition) is 3. The molecule has 0 aromatic carbocycles. The maximum atomic E-state index is 12.9. The fourth-order valence-corrected chi connectivity index (χ4v) is 5.45. The fourth-order valence-electron chi connectivity index (χ4n) is 5.41. The zero-order valence-electron chi connectivity index (χ0n) is 15.5. The molecule has 0 atom stereocenters. The maximum absolute atomic E-state index is 12.9. The molecule has 0 spiro atoms. The normalized spacial score (nSPS) is 32.1. The minimum Gasteiger partial charge on any atom is -0.375 e. The van der Waals surface area contributed by atoms with Crippen molar-refractivity contribution in [1.82, 2.24) is 10.7 Å². The second-order valence-electron chi connectivity index (χ2n) is 8.55. The van der Waals surface area contributed by atoms with Crippen molar-refractivity contribution >= 4 is 34.7 Å². The van der Waals surface area contributed by atoms with E-state index in [2.05, 4.69) is 15.8 Å². The summed E-state index contributed by atoms with van der Waals surface area (Å²) in [5.74, 6) is 1.73. The van der Waals surface area contributed by atoms with Crippen LogP contribution in [0.2, 0.25) is 0 Å². The highest BCUT2D eigenvalue weighted by atomic mass is 32.1. The van der Waals surface area contributed by atoms with E-state index < -0.39 is 0 Å². The number of nitrogens with zero attached hydrogens (tertiary/aromatic N) is 1. The van der Waals surface area contributed by atoms with Crippen molar-refractivity contribution < 1.29 is 9.59 Å². The Hall–Kier alpha value is -1.76. The van der Waals surface area contributed by atoms with Crippen LogP contribution in [0.25, 0.3) is 0 Å². The van der Waals surface area contributed by atoms with Crippen LogP contribution in [0.4, 0.5) is 0 Å². The summed E-state index contributed by atoms with van der Waals surface area (Å²) in [6, 6.07) is 0. The lowest BCUT2D eigenvalue weighted by molar-refractivity contribution is -0.121. The quantitative estimate of drug-likeness (QED) is 0.286. The number of hydrogen-bond acceptors (Lipinski definition) is 4. The van der Waals surface area contributed by atoms with Crippen molar-refractivity contribution in [3.8, 4) is 0 Å². The van der Waals surface area contributed by atoms with E-state index in [1.165, 1.54) is 25.3 Å². The Morgan fingerprint density at radius 3 is 2.15 bits per heavy atom. The van der Waals surface area contributed by atoms with E-state index in [4.69, 9.17) is 18.0 Å². The molecule has 0 radical (unpaired) electrons. The second-order valence-corrected chi connectivity index (χ2v) is 8.99. The summed E-state index contributed by atoms with van der Waals surface area (Å²) in [4.78, 5) is 25.1. The van der Waals surface area contributed by atoms with Crippen LogP contribution in [0.15, 0.2) is 16.8 Å². The zero-order valence-corrected chi connectivity index (χ0v) is 16.3. The van der Waals surface area contributed by atoms with E-state index in [1.807, 2.05) is 13.8 Å². The Kier molecular flexibility index (Phi) is 5.46. The van der Waals surface area contributed by atoms with Gasteiger partial charge in [-0.2, -0.15) is 5.10 Å². The molecule has 0 unspecified atom stereocenters. The van der Waals surface area contributed by atoms with Crippen molar-refractivity contribution in [2.45, 2.75) is 64.3 Å². The molecule has 142 valence electrons. The van der Waals surface area contributed by atoms with Gasteiger partial charge in [0.2, 0.25) is 0 Å². The third-order valence-corrected chi connectivity index (χ3v) is 5.86. The lowest BCUT2D eigenvalue weighted by Gasteiger charge is -2.56. The van der Waals surface area contributed by atoms with Crippen LogP contribution in [0, 0.1) is 17.8 Å². The van der Waals surface area contributed by atoms with Gasteiger partial charge in [0.25, 0.3) is 5.91 Å². The second kappa shape index (κ2) is 7.47. The smallest absolute Gasteiger partial charge is 0.268 e. The largest absolute Gasteiger partial charge is 0.375 e. The molecule has 1 amide bonds. The van der Waals surface area contributed by atoms with Crippen molar-refractivity contribution in [3.63, 3.8) is 0 Å². The molecule has 4 N–H and O–H groups in total. The average molecular weight is 377 g/mol. The topological polar surface area (TPSA) is 96.6 Å². The van der Waals surface area contributed by atoms with Crippen molar-refractivity contribution in [3.05, 3.63) is 11.6 Å². The minimum atomic E-state index is -0.286. The van der Waals surface area contributed by atoms with E-state index in [0.29, 0.717) is 0 Å². The van der Waals surface area contributed by atoms with Gasteiger partial charge in [0.05, 0.1) is 6.42 Å². The van der Waals surface area contributed by atoms with Gasteiger partial charge in [0.15, 0.2) is 10.9 Å². The summed E-state index contributed by atoms with van der Waals surface area (Å²) >= 11 is 4.77. The number of carbonyl (C=O) groups is 2. The number of thiocarbonyl (C=S) groups is 1. The van der Waals surface area contributed by atoms with Gasteiger partial charge in [-0.3, -0.25) is 15.0 Å². The Morgan fingerprint density at radius 2 is 1.69 bits per heavy atom. The fraction of sp³-hybridized carbons (Fsp3) is 0.684. The Labute approximate surface area is 160 Å². The van der Waals surface area contributed by atoms with Crippen LogP contribution in [-0.2, 0) is 9.59 Å². The van der Waals surface area contributed by atoms with Crippen LogP contribution in [0.3, 0.4) is 0 Å². The van der Waals surface area contributed by atoms with Crippen LogP contribution >= 0.6 is 12.2 Å². The summed E-state index contributed by atoms with van der Waals surface area (Å²) in [5.41, 5.74) is 8.77. The predicted octanol–water partition coefficient (Wildman–Crippen LogP) is 2.19. The molecule has 0 aromatic heterocycles. The van der Waals surface area contributed by atoms with E-state index in [9.17, 15) is 9.59 Å². The van der Waals surface area contributed by atoms with E-state index in [-0.39, 0.29) is 34.5 Å². The van der Waals surface area contributed by atoms with Crippen LogP contribution in [0.5, 0.6) is 0 Å². The van der Waals surface area contributed by atoms with Crippen molar-refractivity contribution in [2.75, 3.05) is 0 Å². The maximum Gasteiger partial charge on any atom is 0.268 e. The molecule has 0 heterocycles. The summed E-state index contributed by atoms with van der Waals surface area (Å²) in [7, 11) is 0. The third-order valence-electron chi connectivity index (χ3n) is 5.77. The van der Waals surface area contributed by atoms with Crippen LogP contribution < -0.4 is 16.5 Å². The first kappa shape index (κ1) is 19.0. The molecule has 26 heavy (non-hydrogen) atoms. The molecule has 4 aliphatic rings. The first-order valence-electron chi connectivity index (χ1n) is 9.37. The zero-order chi connectivity index (χ0) is 18.9. The van der Waals surface area contributed by atoms with E-state index in [0.717, 1.165) is 42.6 Å². The molecule has 4 saturated carbocycles. The molecular formula is C19H28N4O2S. The number of nitrogens with two attached hydrogens (primary N) is 1. The number of hydrazone groups is 1. The van der Waals surface area contributed by atoms with Crippen LogP contribution in [0.1, 0.15) is 58.8 Å². The van der Waals surface area contributed by atoms with Gasteiger partial charge in [-0.1, -0.05) is 5.57 Å². The molecule has 7 heteroatoms. The summed E-state index contributed by atoms with van der Waals surface area (Å²) in [5, 5.41) is 7.22. The monoisotopic (exact) mass is 376 g/mol. The molecule has 4 aliphatic carbocycles. The molecular weight excluding hydrogens is 348 g/mol. The highest BCUT2D eigenvalue weighted by molar-refractivity contribution is 7.80. The predicted molar refractivity (Wildman–Crippen MR) is 105 cm³/mol. The lowest BCUT2D eigenvalue weighted by Crippen LogP contribution is -2.61. The Bertz CT molecular complexity index is 644. The van der Waals surface area contributed by atoms with Crippen molar-refractivity contribution in [1.29, 1.82) is 0 Å². The SMILES string of the molecule is CC(C)=CC(=O)C/C(=N/NC(N)=S)C(=O)NC12CC3CC(CC(C3)C1)C2. The highest BCUT2D eigenvalue weighted by Gasteiger charge is 2.51. The third kappa shape index (κ3) is 4.50. The van der Waals surface area contributed by atoms with Gasteiger partial charge < -0.3 is 11.1 Å². The Morgan fingerprint density at radius 1 is 1.15 bits per heavy atom. The first-order chi connectivity index (χ1) is 12.2. The molecule has 0 aliphatic heterocycles. The van der Waals surface area contributed by atoms with E-state index >= 15 is 0 Å². The molecule has 4 fully saturated rings. The molecule has 6 nitrogen and oxygen atoms in total. The van der Waals surface area contributed by atoms with E-state index in [1.54, 1.807) is 0 Å². The van der Waals surface area contributed by atoms with Gasteiger partial charge in [-0.15, -0.1) is 0 Å². The number of nitrogens with one attached hydrogen (secondary N) is 2. The molecule has 0 saturated heterocycles. The highest BCUT2D eigenvalue weighted by Crippen LogP contribution is 2.55. The number of carbonyl (C=O) groups excluding carboxylic acids is 2. The van der Waals surface area contributed by atoms with Crippen molar-refractivity contribution in [2.24, 2.45) is 28.6 Å². The van der Waals surface area contributed by atoms with Gasteiger partial charge in [-0.25, -0.2) is 0 Å². The van der Waals surface area contributed by atoms with Gasteiger partial charge in [-0.05, 0) is 88.4 Å². The first-order valence-corrected chi connectivity index (χ1v) is 9.78. The van der Waals surface area contributed by atoms with Gasteiger partial charge in [0.1, 0.15) is 5.71 Å². The molecule has 4 bridgehead atoms. The Balaban J connectivity index is 1.73. The summed E-state index contributed by atoms with van der Waals surface area (Å²) < 4.78 is 0. The summed E-state index contributed by atoms with van der Waals surface area (Å²) in [6.07, 6.45) is 8.50. The molecule has 4 rings (SSSR count). The average Bonchev–Trinajstić information content (AvgIpc) is 2.48. The molecule has 0 aromatic rings. The number of ketones is 1. The van der Waals surface area contributed by atoms with Gasteiger partial charge >= 0.3 is 0 Å². The van der Waals surface area contributed by atoms with Crippen LogP contribution in [-0.4, -0.2) is 28.1 Å².